The van der Waals surface area contributed by atoms with Crippen molar-refractivity contribution in [3.8, 4) is 5.75 Å². The molecule has 2 atom stereocenters. The van der Waals surface area contributed by atoms with Gasteiger partial charge in [-0.05, 0) is 12.3 Å². The van der Waals surface area contributed by atoms with Crippen LogP contribution in [-0.4, -0.2) is 31.5 Å². The summed E-state index contributed by atoms with van der Waals surface area (Å²) < 4.78 is 10.7. The summed E-state index contributed by atoms with van der Waals surface area (Å²) in [5.74, 6) is 0.744. The van der Waals surface area contributed by atoms with Gasteiger partial charge in [0.05, 0.1) is 6.61 Å². The molecule has 0 spiro atoms. The van der Waals surface area contributed by atoms with Crippen LogP contribution in [0.4, 0.5) is 0 Å². The third-order valence-corrected chi connectivity index (χ3v) is 3.18. The van der Waals surface area contributed by atoms with Crippen LogP contribution in [0.5, 0.6) is 5.75 Å². The van der Waals surface area contributed by atoms with Crippen LogP contribution in [0.3, 0.4) is 0 Å². The van der Waals surface area contributed by atoms with Gasteiger partial charge in [0.15, 0.2) is 0 Å². The Morgan fingerprint density at radius 1 is 1.15 bits per heavy atom. The lowest BCUT2D eigenvalue weighted by Crippen LogP contribution is -2.23. The smallest absolute Gasteiger partial charge is 0.132 e. The molecule has 2 aromatic rings. The van der Waals surface area contributed by atoms with Crippen LogP contribution in [0.15, 0.2) is 36.4 Å². The van der Waals surface area contributed by atoms with E-state index in [-0.39, 0.29) is 19.3 Å². The van der Waals surface area contributed by atoms with Gasteiger partial charge in [-0.2, -0.15) is 0 Å². The van der Waals surface area contributed by atoms with Crippen molar-refractivity contribution in [3.05, 3.63) is 42.0 Å². The quantitative estimate of drug-likeness (QED) is 0.848. The molecule has 4 heteroatoms. The average molecular weight is 275 g/mol. The highest BCUT2D eigenvalue weighted by molar-refractivity contribution is 5.89. The summed E-state index contributed by atoms with van der Waals surface area (Å²) in [5, 5.41) is 11.8. The number of benzene rings is 2. The van der Waals surface area contributed by atoms with Crippen LogP contribution in [-0.2, 0) is 4.74 Å². The van der Waals surface area contributed by atoms with Crippen molar-refractivity contribution in [3.63, 3.8) is 0 Å². The first kappa shape index (κ1) is 14.8. The van der Waals surface area contributed by atoms with Crippen molar-refractivity contribution in [2.45, 2.75) is 19.1 Å². The number of fused-ring (bicyclic) bond motifs is 1. The average Bonchev–Trinajstić information content (AvgIpc) is 2.44. The van der Waals surface area contributed by atoms with Crippen molar-refractivity contribution in [1.29, 1.82) is 0 Å². The molecule has 0 saturated heterocycles. The van der Waals surface area contributed by atoms with Crippen molar-refractivity contribution in [2.24, 2.45) is 5.73 Å². The second-order valence-electron chi connectivity index (χ2n) is 4.91. The van der Waals surface area contributed by atoms with Crippen molar-refractivity contribution in [1.82, 2.24) is 0 Å². The number of hydrogen-bond donors (Lipinski definition) is 2. The lowest BCUT2D eigenvalue weighted by Gasteiger charge is -2.18. The van der Waals surface area contributed by atoms with Gasteiger partial charge in [-0.3, -0.25) is 0 Å². The molecule has 0 fully saturated rings. The highest BCUT2D eigenvalue weighted by Gasteiger charge is 2.14. The zero-order valence-corrected chi connectivity index (χ0v) is 11.9. The third kappa shape index (κ3) is 3.28. The van der Waals surface area contributed by atoms with Gasteiger partial charge in [0.2, 0.25) is 0 Å². The van der Waals surface area contributed by atoms with Crippen molar-refractivity contribution < 1.29 is 14.6 Å². The normalized spacial score (nSPS) is 14.2. The van der Waals surface area contributed by atoms with Gasteiger partial charge in [0.1, 0.15) is 18.5 Å². The van der Waals surface area contributed by atoms with Gasteiger partial charge in [-0.15, -0.1) is 0 Å². The molecule has 0 radical (unpaired) electrons. The summed E-state index contributed by atoms with van der Waals surface area (Å²) in [6.45, 7) is 2.35. The predicted octanol–water partition coefficient (Wildman–Crippen LogP) is 2.25. The monoisotopic (exact) mass is 275 g/mol. The van der Waals surface area contributed by atoms with E-state index in [1.807, 2.05) is 43.3 Å². The number of nitrogens with two attached hydrogens (primary N) is 1. The van der Waals surface area contributed by atoms with E-state index in [1.54, 1.807) is 7.11 Å². The number of aliphatic hydroxyl groups is 1. The highest BCUT2D eigenvalue weighted by Crippen LogP contribution is 2.33. The summed E-state index contributed by atoms with van der Waals surface area (Å²) in [6.07, 6.45) is -0.653. The van der Waals surface area contributed by atoms with E-state index in [2.05, 4.69) is 0 Å². The molecule has 0 aromatic heterocycles. The molecule has 0 saturated carbocycles. The van der Waals surface area contributed by atoms with Crippen molar-refractivity contribution >= 4 is 10.8 Å². The van der Waals surface area contributed by atoms with Crippen molar-refractivity contribution in [2.75, 3.05) is 20.3 Å². The fraction of sp³-hybridized carbons (Fsp3) is 0.375. The lowest BCUT2D eigenvalue weighted by molar-refractivity contribution is 0.0326. The van der Waals surface area contributed by atoms with E-state index in [9.17, 15) is 5.11 Å². The molecule has 4 nitrogen and oxygen atoms in total. The maximum absolute atomic E-state index is 9.73. The number of aliphatic hydroxyl groups excluding tert-OH is 1. The highest BCUT2D eigenvalue weighted by atomic mass is 16.5. The molecule has 0 heterocycles. The van der Waals surface area contributed by atoms with Gasteiger partial charge in [0, 0.05) is 24.1 Å². The molecule has 2 aromatic carbocycles. The molecular weight excluding hydrogens is 254 g/mol. The van der Waals surface area contributed by atoms with Crippen LogP contribution >= 0.6 is 0 Å². The fourth-order valence-electron chi connectivity index (χ4n) is 2.20. The fourth-order valence-corrected chi connectivity index (χ4v) is 2.20. The molecule has 108 valence electrons. The summed E-state index contributed by atoms with van der Waals surface area (Å²) in [6, 6.07) is 11.9. The molecule has 0 aliphatic carbocycles. The molecule has 0 aliphatic rings. The summed E-state index contributed by atoms with van der Waals surface area (Å²) in [7, 11) is 1.55. The second kappa shape index (κ2) is 6.70. The van der Waals surface area contributed by atoms with Gasteiger partial charge in [0.25, 0.3) is 0 Å². The van der Waals surface area contributed by atoms with Gasteiger partial charge in [-0.25, -0.2) is 0 Å². The Balaban J connectivity index is 2.34. The molecular formula is C16H21NO3. The largest absolute Gasteiger partial charge is 0.490 e. The third-order valence-electron chi connectivity index (χ3n) is 3.18. The van der Waals surface area contributed by atoms with E-state index in [0.717, 1.165) is 22.1 Å². The van der Waals surface area contributed by atoms with E-state index in [4.69, 9.17) is 15.2 Å². The van der Waals surface area contributed by atoms with E-state index >= 15 is 0 Å². The molecule has 20 heavy (non-hydrogen) atoms. The number of hydrogen-bond acceptors (Lipinski definition) is 4. The topological polar surface area (TPSA) is 64.7 Å². The predicted molar refractivity (Wildman–Crippen MR) is 79.9 cm³/mol. The first-order chi connectivity index (χ1) is 9.63. The molecule has 0 amide bonds. The Morgan fingerprint density at radius 2 is 1.90 bits per heavy atom. The van der Waals surface area contributed by atoms with Gasteiger partial charge in [-0.1, -0.05) is 36.4 Å². The first-order valence-electron chi connectivity index (χ1n) is 6.70. The standard InChI is InChI=1S/C16H21NO3/c1-11(17)14-8-7-12-5-3-4-6-15(12)16(14)20-10-13(18)9-19-2/h3-8,11,13,18H,9-10,17H2,1-2H3/t11-,13?/m1/s1. The zero-order chi connectivity index (χ0) is 14.5. The Labute approximate surface area is 119 Å². The minimum atomic E-state index is -0.653. The second-order valence-corrected chi connectivity index (χ2v) is 4.91. The lowest BCUT2D eigenvalue weighted by atomic mass is 10.0. The molecule has 2 rings (SSSR count). The minimum Gasteiger partial charge on any atom is -0.490 e. The van der Waals surface area contributed by atoms with Crippen LogP contribution in [0.25, 0.3) is 10.8 Å². The number of ether oxygens (including phenoxy) is 2. The molecule has 1 unspecified atom stereocenters. The zero-order valence-electron chi connectivity index (χ0n) is 11.9. The minimum absolute atomic E-state index is 0.130. The van der Waals surface area contributed by atoms with Crippen LogP contribution in [0.2, 0.25) is 0 Å². The van der Waals surface area contributed by atoms with Crippen LogP contribution in [0, 0.1) is 0 Å². The Kier molecular flexibility index (Phi) is 4.95. The Bertz CT molecular complexity index is 569. The van der Waals surface area contributed by atoms with E-state index < -0.39 is 6.10 Å². The molecule has 3 N–H and O–H groups in total. The maximum Gasteiger partial charge on any atom is 0.132 e. The van der Waals surface area contributed by atoms with E-state index in [1.165, 1.54) is 0 Å². The van der Waals surface area contributed by atoms with E-state index in [0.29, 0.717) is 0 Å². The van der Waals surface area contributed by atoms with Crippen LogP contribution < -0.4 is 10.5 Å². The van der Waals surface area contributed by atoms with Crippen LogP contribution in [0.1, 0.15) is 18.5 Å². The number of methoxy groups -OCH3 is 1. The summed E-state index contributed by atoms with van der Waals surface area (Å²) >= 11 is 0. The van der Waals surface area contributed by atoms with Gasteiger partial charge >= 0.3 is 0 Å². The first-order valence-corrected chi connectivity index (χ1v) is 6.70. The molecule has 0 aliphatic heterocycles. The van der Waals surface area contributed by atoms with Gasteiger partial charge < -0.3 is 20.3 Å². The Morgan fingerprint density at radius 3 is 2.60 bits per heavy atom. The number of rotatable bonds is 6. The summed E-state index contributed by atoms with van der Waals surface area (Å²) in [5.41, 5.74) is 6.94. The SMILES string of the molecule is COCC(O)COc1c([C@@H](C)N)ccc2ccccc12. The Hall–Kier alpha value is -1.62. The maximum atomic E-state index is 9.73. The molecule has 0 bridgehead atoms. The summed E-state index contributed by atoms with van der Waals surface area (Å²) in [4.78, 5) is 0.